The van der Waals surface area contributed by atoms with Crippen molar-refractivity contribution in [3.8, 4) is 11.5 Å². The molecule has 0 saturated heterocycles. The number of anilines is 1. The molecule has 0 aliphatic carbocycles. The van der Waals surface area contributed by atoms with Gasteiger partial charge in [0.2, 0.25) is 0 Å². The maximum Gasteiger partial charge on any atom is 0.152 e. The quantitative estimate of drug-likeness (QED) is 0.693. The predicted molar refractivity (Wildman–Crippen MR) is 76.9 cm³/mol. The molecule has 1 aromatic heterocycles. The molecule has 3 N–H and O–H groups in total. The molecule has 3 nitrogen and oxygen atoms in total. The second-order valence-corrected chi connectivity index (χ2v) is 4.93. The number of nitrogens with one attached hydrogen (secondary N) is 1. The SMILES string of the molecule is Nc1cccc(Oc2c[nH]c3ccc(Br)cc23)c1. The Balaban J connectivity index is 2.02. The summed E-state index contributed by atoms with van der Waals surface area (Å²) in [6, 6.07) is 13.4. The number of fused-ring (bicyclic) bond motifs is 1. The third-order valence-electron chi connectivity index (χ3n) is 2.69. The lowest BCUT2D eigenvalue weighted by Gasteiger charge is -2.04. The van der Waals surface area contributed by atoms with Gasteiger partial charge in [0, 0.05) is 33.3 Å². The normalized spacial score (nSPS) is 10.7. The van der Waals surface area contributed by atoms with Crippen LogP contribution >= 0.6 is 15.9 Å². The highest BCUT2D eigenvalue weighted by atomic mass is 79.9. The van der Waals surface area contributed by atoms with Gasteiger partial charge in [0.05, 0.1) is 0 Å². The number of H-pyrrole nitrogens is 1. The van der Waals surface area contributed by atoms with Gasteiger partial charge in [-0.2, -0.15) is 0 Å². The number of nitrogens with two attached hydrogens (primary N) is 1. The smallest absolute Gasteiger partial charge is 0.152 e. The number of halogens is 1. The molecular formula is C14H11BrN2O. The van der Waals surface area contributed by atoms with Crippen molar-refractivity contribution >= 4 is 32.5 Å². The van der Waals surface area contributed by atoms with Gasteiger partial charge in [0.15, 0.2) is 5.75 Å². The molecule has 1 heterocycles. The van der Waals surface area contributed by atoms with Crippen LogP contribution in [0.2, 0.25) is 0 Å². The number of aromatic nitrogens is 1. The Labute approximate surface area is 113 Å². The number of ether oxygens (including phenoxy) is 1. The van der Waals surface area contributed by atoms with Crippen LogP contribution in [0.25, 0.3) is 10.9 Å². The van der Waals surface area contributed by atoms with Crippen LogP contribution in [0.15, 0.2) is 53.1 Å². The minimum absolute atomic E-state index is 0.688. The third-order valence-corrected chi connectivity index (χ3v) is 3.18. The van der Waals surface area contributed by atoms with Crippen molar-refractivity contribution in [3.63, 3.8) is 0 Å². The molecule has 2 aromatic carbocycles. The van der Waals surface area contributed by atoms with Crippen molar-refractivity contribution in [2.45, 2.75) is 0 Å². The summed E-state index contributed by atoms with van der Waals surface area (Å²) in [7, 11) is 0. The molecule has 0 fully saturated rings. The summed E-state index contributed by atoms with van der Waals surface area (Å²) < 4.78 is 6.86. The molecule has 18 heavy (non-hydrogen) atoms. The topological polar surface area (TPSA) is 51.0 Å². The van der Waals surface area contributed by atoms with Crippen LogP contribution in [-0.2, 0) is 0 Å². The van der Waals surface area contributed by atoms with E-state index in [0.717, 1.165) is 26.9 Å². The van der Waals surface area contributed by atoms with E-state index >= 15 is 0 Å². The van der Waals surface area contributed by atoms with E-state index in [1.54, 1.807) is 6.07 Å². The fourth-order valence-corrected chi connectivity index (χ4v) is 2.22. The molecule has 0 atom stereocenters. The number of aromatic amines is 1. The van der Waals surface area contributed by atoms with Gasteiger partial charge in [-0.3, -0.25) is 0 Å². The fraction of sp³-hybridized carbons (Fsp3) is 0. The second-order valence-electron chi connectivity index (χ2n) is 4.02. The average molecular weight is 303 g/mol. The minimum Gasteiger partial charge on any atom is -0.455 e. The van der Waals surface area contributed by atoms with Crippen LogP contribution in [0.4, 0.5) is 5.69 Å². The molecule has 4 heteroatoms. The lowest BCUT2D eigenvalue weighted by atomic mass is 10.2. The Morgan fingerprint density at radius 2 is 2.00 bits per heavy atom. The molecule has 3 rings (SSSR count). The van der Waals surface area contributed by atoms with Gasteiger partial charge in [-0.15, -0.1) is 0 Å². The van der Waals surface area contributed by atoms with Gasteiger partial charge >= 0.3 is 0 Å². The summed E-state index contributed by atoms with van der Waals surface area (Å²) >= 11 is 3.46. The summed E-state index contributed by atoms with van der Waals surface area (Å²) in [6.07, 6.45) is 1.85. The first-order chi connectivity index (χ1) is 8.72. The van der Waals surface area contributed by atoms with Crippen molar-refractivity contribution in [3.05, 3.63) is 53.1 Å². The van der Waals surface area contributed by atoms with E-state index in [1.807, 2.05) is 42.6 Å². The maximum absolute atomic E-state index is 5.84. The number of benzene rings is 2. The minimum atomic E-state index is 0.688. The molecule has 0 radical (unpaired) electrons. The van der Waals surface area contributed by atoms with Gasteiger partial charge < -0.3 is 15.5 Å². The Kier molecular flexibility index (Phi) is 2.72. The molecule has 0 unspecified atom stereocenters. The predicted octanol–water partition coefficient (Wildman–Crippen LogP) is 4.30. The van der Waals surface area contributed by atoms with E-state index < -0.39 is 0 Å². The molecular weight excluding hydrogens is 292 g/mol. The Bertz CT molecular complexity index is 706. The van der Waals surface area contributed by atoms with Gasteiger partial charge in [-0.05, 0) is 30.3 Å². The van der Waals surface area contributed by atoms with Gasteiger partial charge in [0.25, 0.3) is 0 Å². The molecule has 0 aliphatic heterocycles. The zero-order valence-corrected chi connectivity index (χ0v) is 11.1. The first kappa shape index (κ1) is 11.2. The van der Waals surface area contributed by atoms with E-state index in [0.29, 0.717) is 5.69 Å². The van der Waals surface area contributed by atoms with Crippen LogP contribution in [0.5, 0.6) is 11.5 Å². The largest absolute Gasteiger partial charge is 0.455 e. The summed E-state index contributed by atoms with van der Waals surface area (Å²) in [4.78, 5) is 3.17. The monoisotopic (exact) mass is 302 g/mol. The lowest BCUT2D eigenvalue weighted by molar-refractivity contribution is 0.488. The Morgan fingerprint density at radius 3 is 2.83 bits per heavy atom. The summed E-state index contributed by atoms with van der Waals surface area (Å²) in [5, 5.41) is 1.03. The van der Waals surface area contributed by atoms with Crippen molar-refractivity contribution in [1.82, 2.24) is 4.98 Å². The average Bonchev–Trinajstić information content (AvgIpc) is 2.72. The highest BCUT2D eigenvalue weighted by molar-refractivity contribution is 9.10. The number of rotatable bonds is 2. The molecule has 0 amide bonds. The van der Waals surface area contributed by atoms with E-state index in [9.17, 15) is 0 Å². The highest BCUT2D eigenvalue weighted by Crippen LogP contribution is 2.32. The van der Waals surface area contributed by atoms with Crippen LogP contribution in [0.3, 0.4) is 0 Å². The molecule has 0 saturated carbocycles. The standard InChI is InChI=1S/C14H11BrN2O/c15-9-4-5-13-12(6-9)14(8-17-13)18-11-3-1-2-10(16)7-11/h1-8,17H,16H2. The lowest BCUT2D eigenvalue weighted by Crippen LogP contribution is -1.86. The molecule has 90 valence electrons. The van der Waals surface area contributed by atoms with E-state index in [4.69, 9.17) is 10.5 Å². The van der Waals surface area contributed by atoms with Crippen molar-refractivity contribution in [1.29, 1.82) is 0 Å². The van der Waals surface area contributed by atoms with Crippen LogP contribution in [-0.4, -0.2) is 4.98 Å². The highest BCUT2D eigenvalue weighted by Gasteiger charge is 2.06. The van der Waals surface area contributed by atoms with Crippen LogP contribution in [0.1, 0.15) is 0 Å². The second kappa shape index (κ2) is 4.38. The van der Waals surface area contributed by atoms with Crippen molar-refractivity contribution in [2.75, 3.05) is 5.73 Å². The summed E-state index contributed by atoms with van der Waals surface area (Å²) in [6.45, 7) is 0. The molecule has 0 bridgehead atoms. The Morgan fingerprint density at radius 1 is 1.11 bits per heavy atom. The summed E-state index contributed by atoms with van der Waals surface area (Å²) in [5.41, 5.74) is 7.46. The molecule has 3 aromatic rings. The third kappa shape index (κ3) is 2.07. The first-order valence-electron chi connectivity index (χ1n) is 5.52. The zero-order valence-electron chi connectivity index (χ0n) is 9.48. The maximum atomic E-state index is 5.84. The number of hydrogen-bond donors (Lipinski definition) is 2. The van der Waals surface area contributed by atoms with Crippen LogP contribution in [0, 0.1) is 0 Å². The molecule has 0 spiro atoms. The van der Waals surface area contributed by atoms with Crippen molar-refractivity contribution in [2.24, 2.45) is 0 Å². The Hall–Kier alpha value is -1.94. The van der Waals surface area contributed by atoms with Crippen molar-refractivity contribution < 1.29 is 4.74 Å². The van der Waals surface area contributed by atoms with E-state index in [1.165, 1.54) is 0 Å². The van der Waals surface area contributed by atoms with Gasteiger partial charge in [0.1, 0.15) is 5.75 Å². The van der Waals surface area contributed by atoms with E-state index in [2.05, 4.69) is 20.9 Å². The van der Waals surface area contributed by atoms with Gasteiger partial charge in [-0.25, -0.2) is 0 Å². The molecule has 0 aliphatic rings. The zero-order chi connectivity index (χ0) is 12.5. The number of hydrogen-bond acceptors (Lipinski definition) is 2. The first-order valence-corrected chi connectivity index (χ1v) is 6.32. The van der Waals surface area contributed by atoms with Crippen LogP contribution < -0.4 is 10.5 Å². The summed E-state index contributed by atoms with van der Waals surface area (Å²) in [5.74, 6) is 1.52. The van der Waals surface area contributed by atoms with E-state index in [-0.39, 0.29) is 0 Å². The fourth-order valence-electron chi connectivity index (χ4n) is 1.86. The van der Waals surface area contributed by atoms with Gasteiger partial charge in [-0.1, -0.05) is 22.0 Å². The number of nitrogen functional groups attached to an aromatic ring is 1.